The third kappa shape index (κ3) is 12.5. The Morgan fingerprint density at radius 1 is 0.407 bits per heavy atom. The fourth-order valence-electron chi connectivity index (χ4n) is 8.18. The number of fused-ring (bicyclic) bond motifs is 5. The minimum atomic E-state index is -5.04. The number of hydrogen-bond acceptors (Lipinski definition) is 14. The number of benzene rings is 4. The minimum Gasteiger partial charge on any atom is -0.395 e. The molecular weight excluding hydrogens is 1440 g/mol. The van der Waals surface area contributed by atoms with E-state index in [1.807, 2.05) is 0 Å². The Labute approximate surface area is 529 Å². The number of halogens is 25. The van der Waals surface area contributed by atoms with Gasteiger partial charge in [-0.1, -0.05) is 111 Å². The van der Waals surface area contributed by atoms with Gasteiger partial charge in [-0.2, -0.15) is 122 Å². The quantitative estimate of drug-likeness (QED) is 0.119. The third-order valence-corrected chi connectivity index (χ3v) is 14.5. The van der Waals surface area contributed by atoms with Gasteiger partial charge >= 0.3 is 24.8 Å². The van der Waals surface area contributed by atoms with Crippen LogP contribution in [0.5, 0.6) is 11.5 Å². The molecule has 0 atom stereocenters. The van der Waals surface area contributed by atoms with E-state index in [4.69, 9.17) is 92.8 Å². The summed E-state index contributed by atoms with van der Waals surface area (Å²) in [6.45, 7) is 0. The van der Waals surface area contributed by atoms with E-state index >= 15 is 0 Å². The van der Waals surface area contributed by atoms with Crippen molar-refractivity contribution in [3.05, 3.63) is 173 Å². The molecule has 0 amide bonds. The number of alkyl halides is 11. The normalized spacial score (nSPS) is 12.9. The van der Waals surface area contributed by atoms with Gasteiger partial charge < -0.3 is 9.47 Å². The van der Waals surface area contributed by atoms with Gasteiger partial charge in [0, 0.05) is 22.8 Å². The van der Waals surface area contributed by atoms with Gasteiger partial charge in [0.05, 0.1) is 49.5 Å². The van der Waals surface area contributed by atoms with Gasteiger partial charge in [0.15, 0.2) is 23.1 Å². The van der Waals surface area contributed by atoms with Crippen molar-refractivity contribution in [3.63, 3.8) is 0 Å². The standard InChI is InChI=1S/2C12H3Cl2F5N4.C12H4Cl2F4N4.C12H3Cl2F3N4O2/c13-9-8(10(14)23-11(22-9)20-3-21-23)7-5(12(17,18)19)1-4(15)2-6(7)16;13-9-6(10(14)23-11(22-9)20-3-21-23)4-1-2-5(12(17,18)19)8(16)7(4)15;13-8-5(2-1-3-6(8)12(16,17)18)7-9(14)22-11(19-4-20-22)21-10(7)15;13-9-7(10(14)21-11(20-9)18-3-19-21)6-4(15)1-2-5-8(6)23-12(16,17)22-5/h2*1-3H;1-4H;1-3H. The molecule has 43 heteroatoms. The molecule has 0 fully saturated rings. The van der Waals surface area contributed by atoms with E-state index in [1.165, 1.54) is 6.07 Å². The van der Waals surface area contributed by atoms with Gasteiger partial charge in [0.2, 0.25) is 5.95 Å². The van der Waals surface area contributed by atoms with Crippen LogP contribution in [0.25, 0.3) is 67.6 Å². The monoisotopic (exact) mass is 1450 g/mol. The number of aromatic nitrogens is 16. The van der Waals surface area contributed by atoms with E-state index in [0.29, 0.717) is 12.1 Å². The van der Waals surface area contributed by atoms with Crippen molar-refractivity contribution in [1.29, 1.82) is 0 Å². The van der Waals surface area contributed by atoms with Gasteiger partial charge in [-0.25, -0.2) is 22.0 Å². The maximum atomic E-state index is 14.3. The van der Waals surface area contributed by atoms with Gasteiger partial charge in [0.25, 0.3) is 23.1 Å². The highest BCUT2D eigenvalue weighted by molar-refractivity contribution is 6.40. The Hall–Kier alpha value is -8.19. The second kappa shape index (κ2) is 24.5. The van der Waals surface area contributed by atoms with E-state index in [2.05, 4.69) is 69.7 Å². The average Bonchev–Trinajstić information content (AvgIpc) is 1.76. The molecule has 0 saturated carbocycles. The zero-order valence-corrected chi connectivity index (χ0v) is 48.5. The molecule has 13 rings (SSSR count). The largest absolute Gasteiger partial charge is 0.586 e. The van der Waals surface area contributed by atoms with Crippen LogP contribution in [0, 0.1) is 35.0 Å². The van der Waals surface area contributed by atoms with Crippen molar-refractivity contribution in [3.8, 4) is 56.0 Å². The van der Waals surface area contributed by atoms with Crippen LogP contribution in [0.3, 0.4) is 0 Å². The lowest BCUT2D eigenvalue weighted by Gasteiger charge is -2.16. The molecule has 1 aliphatic rings. The molecule has 1 aliphatic heterocycles. The second-order valence-electron chi connectivity index (χ2n) is 17.3. The van der Waals surface area contributed by atoms with Crippen molar-refractivity contribution in [2.45, 2.75) is 24.8 Å². The predicted octanol–water partition coefficient (Wildman–Crippen LogP) is 16.6. The van der Waals surface area contributed by atoms with E-state index in [1.54, 1.807) is 0 Å². The summed E-state index contributed by atoms with van der Waals surface area (Å²) in [6, 6.07) is 6.61. The summed E-state index contributed by atoms with van der Waals surface area (Å²) in [6.07, 6.45) is -14.3. The lowest BCUT2D eigenvalue weighted by molar-refractivity contribution is -0.286. The Balaban J connectivity index is 0.000000133. The number of hydrogen-bond donors (Lipinski definition) is 0. The summed E-state index contributed by atoms with van der Waals surface area (Å²) in [5.74, 6) is -9.67. The van der Waals surface area contributed by atoms with Crippen LogP contribution >= 0.6 is 92.8 Å². The molecule has 4 aromatic carbocycles. The van der Waals surface area contributed by atoms with Crippen LogP contribution < -0.4 is 9.47 Å². The molecule has 18 nitrogen and oxygen atoms in total. The van der Waals surface area contributed by atoms with Crippen molar-refractivity contribution in [2.75, 3.05) is 0 Å². The van der Waals surface area contributed by atoms with E-state index in [0.717, 1.165) is 73.7 Å². The third-order valence-electron chi connectivity index (χ3n) is 11.9. The summed E-state index contributed by atoms with van der Waals surface area (Å²) in [5, 5.41) is 12.0. The Morgan fingerprint density at radius 2 is 0.857 bits per heavy atom. The highest BCUT2D eigenvalue weighted by Gasteiger charge is 2.46. The molecule has 0 bridgehead atoms. The van der Waals surface area contributed by atoms with E-state index in [9.17, 15) is 74.6 Å². The summed E-state index contributed by atoms with van der Waals surface area (Å²) < 4.78 is 239. The first kappa shape index (κ1) is 65.8. The number of ether oxygens (including phenoxy) is 2. The van der Waals surface area contributed by atoms with Gasteiger partial charge in [-0.15, -0.1) is 8.78 Å². The molecule has 472 valence electrons. The van der Waals surface area contributed by atoms with Gasteiger partial charge in [-0.05, 0) is 30.3 Å². The maximum Gasteiger partial charge on any atom is 0.586 e. The van der Waals surface area contributed by atoms with Crippen LogP contribution in [0.4, 0.5) is 74.6 Å². The van der Waals surface area contributed by atoms with E-state index < -0.39 is 120 Å². The molecule has 9 heterocycles. The number of rotatable bonds is 4. The maximum absolute atomic E-state index is 14.3. The summed E-state index contributed by atoms with van der Waals surface area (Å²) in [5.41, 5.74) is -8.02. The van der Waals surface area contributed by atoms with Crippen molar-refractivity contribution >= 4 is 116 Å². The zero-order chi connectivity index (χ0) is 66.3. The smallest absolute Gasteiger partial charge is 0.395 e. The molecule has 0 aliphatic carbocycles. The molecular formula is C48H13Cl8F17N16O2. The molecule has 0 unspecified atom stereocenters. The lowest BCUT2D eigenvalue weighted by Crippen LogP contribution is -2.26. The highest BCUT2D eigenvalue weighted by Crippen LogP contribution is 2.52. The Bertz CT molecular complexity index is 4890. The molecule has 0 N–H and O–H groups in total. The topological polar surface area (TPSA) is 191 Å². The van der Waals surface area contributed by atoms with Crippen molar-refractivity contribution in [2.24, 2.45) is 0 Å². The van der Waals surface area contributed by atoms with Crippen LogP contribution in [-0.4, -0.2) is 84.6 Å². The summed E-state index contributed by atoms with van der Waals surface area (Å²) >= 11 is 47.6. The molecule has 0 spiro atoms. The molecule has 8 aromatic heterocycles. The summed E-state index contributed by atoms with van der Waals surface area (Å²) in [4.78, 5) is 29.7. The van der Waals surface area contributed by atoms with Crippen LogP contribution in [-0.2, 0) is 18.5 Å². The second-order valence-corrected chi connectivity index (χ2v) is 20.2. The Kier molecular flexibility index (Phi) is 17.7. The highest BCUT2D eigenvalue weighted by atomic mass is 35.5. The first-order valence-electron chi connectivity index (χ1n) is 23.3. The zero-order valence-electron chi connectivity index (χ0n) is 42.4. The fourth-order valence-corrected chi connectivity index (χ4v) is 10.6. The Morgan fingerprint density at radius 3 is 1.35 bits per heavy atom. The van der Waals surface area contributed by atoms with Crippen molar-refractivity contribution in [1.82, 2.24) is 78.3 Å². The summed E-state index contributed by atoms with van der Waals surface area (Å²) in [7, 11) is 0. The predicted molar refractivity (Wildman–Crippen MR) is 286 cm³/mol. The fraction of sp³-hybridized carbons (Fsp3) is 0.0833. The van der Waals surface area contributed by atoms with Crippen LogP contribution in [0.2, 0.25) is 41.1 Å². The molecule has 0 radical (unpaired) electrons. The molecule has 0 saturated heterocycles. The minimum absolute atomic E-state index is 0.00320. The van der Waals surface area contributed by atoms with Crippen LogP contribution in [0.1, 0.15) is 16.7 Å². The van der Waals surface area contributed by atoms with Gasteiger partial charge in [0.1, 0.15) is 78.8 Å². The number of nitrogens with zero attached hydrogens (tertiary/aromatic N) is 16. The lowest BCUT2D eigenvalue weighted by atomic mass is 10.0. The average molecular weight is 1450 g/mol. The SMILES string of the molecule is Fc1c(-c2c(Cl)nc3ncnn3c2Cl)ccc(C(F)(F)F)c1F.Fc1cc(F)c(-c2c(Cl)nc3ncnn3c2Cl)c(C(F)(F)F)c1.Fc1ccc2c(c1-c1c(Cl)nc3ncnn3c1Cl)OC(F)(F)O2.Fc1nc2ncnn2c(Cl)c1-c1cccc(C(F)(F)F)c1Cl. The molecule has 12 aromatic rings. The first-order valence-corrected chi connectivity index (χ1v) is 26.4. The van der Waals surface area contributed by atoms with Crippen LogP contribution in [0.15, 0.2) is 79.9 Å². The van der Waals surface area contributed by atoms with E-state index in [-0.39, 0.29) is 82.9 Å². The first-order chi connectivity index (χ1) is 42.6. The molecule has 91 heavy (non-hydrogen) atoms. The van der Waals surface area contributed by atoms with Crippen molar-refractivity contribution < 1.29 is 84.1 Å². The van der Waals surface area contributed by atoms with Gasteiger partial charge in [-0.3, -0.25) is 0 Å².